The molecule has 0 bridgehead atoms. The molecule has 0 unspecified atom stereocenters. The first-order valence-corrected chi connectivity index (χ1v) is 13.7. The van der Waals surface area contributed by atoms with E-state index in [9.17, 15) is 30.1 Å². The van der Waals surface area contributed by atoms with Gasteiger partial charge in [0.1, 0.15) is 0 Å². The quantitative estimate of drug-likeness (QED) is 0.196. The number of nitro benzene ring substituents is 2. The molecule has 6 rings (SSSR count). The van der Waals surface area contributed by atoms with Crippen LogP contribution in [0.3, 0.4) is 0 Å². The van der Waals surface area contributed by atoms with Gasteiger partial charge in [-0.25, -0.2) is 4.99 Å². The van der Waals surface area contributed by atoms with Crippen LogP contribution in [-0.2, 0) is 6.42 Å². The Balaban J connectivity index is 1.62. The number of hydrogen-bond acceptors (Lipinski definition) is 8. The Morgan fingerprint density at radius 1 is 1.05 bits per heavy atom. The molecule has 0 amide bonds. The number of aromatic nitrogens is 1. The molecule has 10 nitrogen and oxygen atoms in total. The van der Waals surface area contributed by atoms with Crippen LogP contribution >= 0.6 is 33.9 Å². The topological polar surface area (TPSA) is 141 Å². The Bertz CT molecular complexity index is 1940. The average Bonchev–Trinajstić information content (AvgIpc) is 3.23. The number of aryl methyl sites for hydroxylation is 1. The number of non-ortho nitro benzene ring substituents is 1. The summed E-state index contributed by atoms with van der Waals surface area (Å²) in [5, 5.41) is 33.1. The standard InChI is InChI=1S/C27H17IN4O6S/c28-20-10-14(11-21(25(20)33)32(37)38)12-22-26(34)30-24(16-5-3-6-17(13-16)31(35)36)19-9-8-15-4-1-2-7-18(15)23(19)29-27(30)39-22/h1-7,10-13,24,33H,8-9H2/b22-12+/t24-/m1/s1. The first-order chi connectivity index (χ1) is 18.7. The predicted octanol–water partition coefficient (Wildman–Crippen LogP) is 4.45. The summed E-state index contributed by atoms with van der Waals surface area (Å²) in [5.74, 6) is -0.434. The molecule has 0 saturated carbocycles. The van der Waals surface area contributed by atoms with Crippen LogP contribution < -0.4 is 14.9 Å². The van der Waals surface area contributed by atoms with Gasteiger partial charge in [0.2, 0.25) is 5.75 Å². The Morgan fingerprint density at radius 3 is 2.62 bits per heavy atom. The van der Waals surface area contributed by atoms with Crippen LogP contribution in [0.5, 0.6) is 5.75 Å². The molecule has 1 aromatic heterocycles. The monoisotopic (exact) mass is 652 g/mol. The van der Waals surface area contributed by atoms with E-state index in [1.54, 1.807) is 51.4 Å². The van der Waals surface area contributed by atoms with E-state index in [-0.39, 0.29) is 14.8 Å². The fourth-order valence-corrected chi connectivity index (χ4v) is 6.75. The number of rotatable bonds is 4. The summed E-state index contributed by atoms with van der Waals surface area (Å²) in [7, 11) is 0. The van der Waals surface area contributed by atoms with E-state index in [1.165, 1.54) is 18.2 Å². The fraction of sp³-hybridized carbons (Fsp3) is 0.111. The minimum atomic E-state index is -0.676. The maximum Gasteiger partial charge on any atom is 0.312 e. The lowest BCUT2D eigenvalue weighted by Gasteiger charge is -2.30. The molecular weight excluding hydrogens is 635 g/mol. The highest BCUT2D eigenvalue weighted by Crippen LogP contribution is 2.41. The maximum absolute atomic E-state index is 13.9. The number of halogens is 1. The van der Waals surface area contributed by atoms with Gasteiger partial charge in [0.05, 0.1) is 29.7 Å². The van der Waals surface area contributed by atoms with Crippen LogP contribution in [0.25, 0.3) is 11.8 Å². The van der Waals surface area contributed by atoms with Gasteiger partial charge < -0.3 is 5.11 Å². The summed E-state index contributed by atoms with van der Waals surface area (Å²) in [5.41, 5.74) is 3.88. The average molecular weight is 652 g/mol. The van der Waals surface area contributed by atoms with Crippen molar-refractivity contribution in [1.82, 2.24) is 4.57 Å². The highest BCUT2D eigenvalue weighted by atomic mass is 127. The minimum absolute atomic E-state index is 0.0732. The SMILES string of the molecule is O=c1/c(=C\c2cc(I)c(O)c([N+](=O)[O-])c2)sc2n1[C@H](c1cccc([N+](=O)[O-])c1)C1=C(N=2)c2ccccc2CC1. The molecule has 194 valence electrons. The Hall–Kier alpha value is -4.17. The first-order valence-electron chi connectivity index (χ1n) is 11.8. The third-order valence-electron chi connectivity index (χ3n) is 6.83. The van der Waals surface area contributed by atoms with Gasteiger partial charge in [-0.3, -0.25) is 29.6 Å². The number of phenols is 1. The molecule has 2 aliphatic rings. The predicted molar refractivity (Wildman–Crippen MR) is 153 cm³/mol. The third kappa shape index (κ3) is 4.25. The summed E-state index contributed by atoms with van der Waals surface area (Å²) in [6.07, 6.45) is 2.92. The molecule has 1 N–H and O–H groups in total. The minimum Gasteiger partial charge on any atom is -0.501 e. The van der Waals surface area contributed by atoms with Crippen LogP contribution in [0.1, 0.15) is 34.7 Å². The highest BCUT2D eigenvalue weighted by molar-refractivity contribution is 14.1. The fourth-order valence-electron chi connectivity index (χ4n) is 5.11. The number of hydrogen-bond donors (Lipinski definition) is 1. The lowest BCUT2D eigenvalue weighted by atomic mass is 9.83. The molecule has 12 heteroatoms. The molecule has 4 aromatic rings. The second kappa shape index (κ2) is 9.54. The molecular formula is C27H17IN4O6S. The van der Waals surface area contributed by atoms with Gasteiger partial charge in [-0.1, -0.05) is 47.7 Å². The molecule has 3 aromatic carbocycles. The van der Waals surface area contributed by atoms with Gasteiger partial charge in [0, 0.05) is 23.8 Å². The van der Waals surface area contributed by atoms with Crippen molar-refractivity contribution in [2.45, 2.75) is 18.9 Å². The van der Waals surface area contributed by atoms with E-state index in [0.717, 1.165) is 40.2 Å². The van der Waals surface area contributed by atoms with E-state index in [0.29, 0.717) is 26.9 Å². The van der Waals surface area contributed by atoms with E-state index in [2.05, 4.69) is 0 Å². The molecule has 39 heavy (non-hydrogen) atoms. The second-order valence-corrected chi connectivity index (χ2v) is 11.3. The number of fused-ring (bicyclic) bond motifs is 3. The molecule has 1 aliphatic carbocycles. The zero-order valence-electron chi connectivity index (χ0n) is 19.9. The van der Waals surface area contributed by atoms with Gasteiger partial charge in [-0.2, -0.15) is 0 Å². The third-order valence-corrected chi connectivity index (χ3v) is 8.64. The number of benzene rings is 3. The van der Waals surface area contributed by atoms with Crippen molar-refractivity contribution < 1.29 is 15.0 Å². The largest absolute Gasteiger partial charge is 0.501 e. The van der Waals surface area contributed by atoms with Crippen molar-refractivity contribution in [1.29, 1.82) is 0 Å². The van der Waals surface area contributed by atoms with Crippen LogP contribution in [0.15, 0.2) is 76.0 Å². The summed E-state index contributed by atoms with van der Waals surface area (Å²) < 4.78 is 2.14. The summed E-state index contributed by atoms with van der Waals surface area (Å²) in [6, 6.07) is 16.4. The van der Waals surface area contributed by atoms with Crippen LogP contribution in [-0.4, -0.2) is 19.5 Å². The summed E-state index contributed by atoms with van der Waals surface area (Å²) in [4.78, 5) is 41.0. The van der Waals surface area contributed by atoms with E-state index in [1.807, 2.05) is 24.3 Å². The van der Waals surface area contributed by atoms with Crippen molar-refractivity contribution in [2.75, 3.05) is 0 Å². The zero-order valence-corrected chi connectivity index (χ0v) is 22.9. The normalized spacial score (nSPS) is 16.2. The van der Waals surface area contributed by atoms with Crippen molar-refractivity contribution in [2.24, 2.45) is 4.99 Å². The summed E-state index contributed by atoms with van der Waals surface area (Å²) in [6.45, 7) is 0. The highest BCUT2D eigenvalue weighted by Gasteiger charge is 2.33. The number of nitrogens with zero attached hydrogens (tertiary/aromatic N) is 4. The second-order valence-electron chi connectivity index (χ2n) is 9.09. The van der Waals surface area contributed by atoms with E-state index in [4.69, 9.17) is 4.99 Å². The molecule has 1 aliphatic heterocycles. The Labute approximate surface area is 237 Å². The maximum atomic E-state index is 13.9. The number of phenolic OH excluding ortho intramolecular Hbond substituents is 1. The lowest BCUT2D eigenvalue weighted by Crippen LogP contribution is -2.38. The number of thiazole rings is 1. The first kappa shape index (κ1) is 25.1. The van der Waals surface area contributed by atoms with Crippen LogP contribution in [0.2, 0.25) is 0 Å². The molecule has 0 fully saturated rings. The lowest BCUT2D eigenvalue weighted by molar-refractivity contribution is -0.386. The van der Waals surface area contributed by atoms with Crippen LogP contribution in [0, 0.1) is 23.8 Å². The van der Waals surface area contributed by atoms with Crippen molar-refractivity contribution in [3.8, 4) is 5.75 Å². The molecule has 1 atom stereocenters. The smallest absolute Gasteiger partial charge is 0.312 e. The Kier molecular flexibility index (Phi) is 6.14. The van der Waals surface area contributed by atoms with E-state index >= 15 is 0 Å². The van der Waals surface area contributed by atoms with Crippen molar-refractivity contribution in [3.05, 3.63) is 132 Å². The Morgan fingerprint density at radius 2 is 1.85 bits per heavy atom. The zero-order chi connectivity index (χ0) is 27.4. The van der Waals surface area contributed by atoms with Crippen molar-refractivity contribution >= 4 is 57.1 Å². The van der Waals surface area contributed by atoms with Crippen LogP contribution in [0.4, 0.5) is 11.4 Å². The molecule has 2 heterocycles. The van der Waals surface area contributed by atoms with E-state index < -0.39 is 27.3 Å². The molecule has 0 saturated heterocycles. The number of allylic oxidation sites excluding steroid dienone is 1. The summed E-state index contributed by atoms with van der Waals surface area (Å²) >= 11 is 2.95. The molecule has 0 radical (unpaired) electrons. The number of aromatic hydroxyl groups is 1. The van der Waals surface area contributed by atoms with Gasteiger partial charge in [0.25, 0.3) is 11.2 Å². The van der Waals surface area contributed by atoms with Gasteiger partial charge in [-0.05, 0) is 69.8 Å². The van der Waals surface area contributed by atoms with Crippen molar-refractivity contribution in [3.63, 3.8) is 0 Å². The van der Waals surface area contributed by atoms with Gasteiger partial charge in [-0.15, -0.1) is 0 Å². The van der Waals surface area contributed by atoms with Gasteiger partial charge in [0.15, 0.2) is 4.80 Å². The molecule has 0 spiro atoms. The number of nitro groups is 2. The van der Waals surface area contributed by atoms with Gasteiger partial charge >= 0.3 is 5.69 Å².